The molecular formula is C11H22N2S. The van der Waals surface area contributed by atoms with Crippen molar-refractivity contribution in [3.8, 4) is 0 Å². The molecule has 2 atom stereocenters. The molecule has 0 aliphatic carbocycles. The lowest BCUT2D eigenvalue weighted by Crippen LogP contribution is -2.42. The molecule has 0 aromatic carbocycles. The van der Waals surface area contributed by atoms with Gasteiger partial charge in [-0.1, -0.05) is 12.2 Å². The maximum Gasteiger partial charge on any atom is 0.0226 e. The van der Waals surface area contributed by atoms with E-state index in [1.165, 1.54) is 17.9 Å². The number of nitrogens with one attached hydrogen (secondary N) is 1. The van der Waals surface area contributed by atoms with Gasteiger partial charge in [-0.15, -0.1) is 0 Å². The summed E-state index contributed by atoms with van der Waals surface area (Å²) in [7, 11) is 0. The molecule has 1 aliphatic rings. The van der Waals surface area contributed by atoms with Gasteiger partial charge >= 0.3 is 0 Å². The van der Waals surface area contributed by atoms with Crippen LogP contribution in [0.15, 0.2) is 12.2 Å². The van der Waals surface area contributed by atoms with Crippen molar-refractivity contribution in [3.63, 3.8) is 0 Å². The summed E-state index contributed by atoms with van der Waals surface area (Å²) in [5, 5.41) is 3.56. The molecule has 0 amide bonds. The van der Waals surface area contributed by atoms with E-state index in [1.807, 2.05) is 0 Å². The summed E-state index contributed by atoms with van der Waals surface area (Å²) in [5.41, 5.74) is 5.78. The molecule has 1 rings (SSSR count). The van der Waals surface area contributed by atoms with E-state index in [1.54, 1.807) is 0 Å². The number of allylic oxidation sites excluding steroid dienone is 1. The molecule has 0 aromatic rings. The molecule has 0 radical (unpaired) electrons. The quantitative estimate of drug-likeness (QED) is 0.521. The number of hydrogen-bond acceptors (Lipinski definition) is 3. The van der Waals surface area contributed by atoms with E-state index in [0.717, 1.165) is 25.4 Å². The average molecular weight is 214 g/mol. The third kappa shape index (κ3) is 4.03. The van der Waals surface area contributed by atoms with Crippen LogP contribution in [0.1, 0.15) is 19.8 Å². The third-order valence-corrected chi connectivity index (χ3v) is 3.93. The average Bonchev–Trinajstić information content (AvgIpc) is 2.71. The maximum atomic E-state index is 5.78. The van der Waals surface area contributed by atoms with Crippen LogP contribution in [-0.2, 0) is 0 Å². The summed E-state index contributed by atoms with van der Waals surface area (Å²) < 4.78 is 0. The normalized spacial score (nSPS) is 24.6. The number of thioether (sulfide) groups is 1. The van der Waals surface area contributed by atoms with Gasteiger partial charge in [-0.05, 0) is 43.7 Å². The zero-order valence-corrected chi connectivity index (χ0v) is 9.85. The Bertz CT molecular complexity index is 165. The van der Waals surface area contributed by atoms with Crippen molar-refractivity contribution in [1.29, 1.82) is 0 Å². The first-order valence-electron chi connectivity index (χ1n) is 5.50. The van der Waals surface area contributed by atoms with Crippen molar-refractivity contribution in [3.05, 3.63) is 12.2 Å². The molecule has 3 heteroatoms. The topological polar surface area (TPSA) is 38.0 Å². The zero-order chi connectivity index (χ0) is 10.2. The summed E-state index contributed by atoms with van der Waals surface area (Å²) in [6.07, 6.45) is 6.75. The van der Waals surface area contributed by atoms with Crippen LogP contribution in [0.25, 0.3) is 0 Å². The fourth-order valence-corrected chi connectivity index (χ4v) is 3.17. The Morgan fingerprint density at radius 2 is 2.50 bits per heavy atom. The third-order valence-electron chi connectivity index (χ3n) is 2.74. The van der Waals surface area contributed by atoms with Crippen molar-refractivity contribution >= 4 is 11.8 Å². The van der Waals surface area contributed by atoms with Crippen LogP contribution in [0.3, 0.4) is 0 Å². The monoisotopic (exact) mass is 214 g/mol. The van der Waals surface area contributed by atoms with Crippen LogP contribution in [0, 0.1) is 5.92 Å². The SMILES string of the molecule is C/C=C/CCNC(CN)C1CCSC1. The van der Waals surface area contributed by atoms with E-state index in [4.69, 9.17) is 5.73 Å². The lowest BCUT2D eigenvalue weighted by molar-refractivity contribution is 0.392. The Morgan fingerprint density at radius 1 is 1.64 bits per heavy atom. The molecule has 1 aliphatic heterocycles. The number of hydrogen-bond donors (Lipinski definition) is 2. The molecule has 1 fully saturated rings. The van der Waals surface area contributed by atoms with E-state index in [0.29, 0.717) is 6.04 Å². The molecule has 2 unspecified atom stereocenters. The molecule has 2 nitrogen and oxygen atoms in total. The largest absolute Gasteiger partial charge is 0.329 e. The number of rotatable bonds is 6. The van der Waals surface area contributed by atoms with Gasteiger partial charge in [0.2, 0.25) is 0 Å². The summed E-state index contributed by atoms with van der Waals surface area (Å²) in [4.78, 5) is 0. The molecule has 0 spiro atoms. The first-order chi connectivity index (χ1) is 6.88. The number of nitrogens with two attached hydrogens (primary N) is 1. The van der Waals surface area contributed by atoms with Crippen LogP contribution in [0.2, 0.25) is 0 Å². The summed E-state index contributed by atoms with van der Waals surface area (Å²) in [6.45, 7) is 3.91. The zero-order valence-electron chi connectivity index (χ0n) is 9.04. The smallest absolute Gasteiger partial charge is 0.0226 e. The predicted molar refractivity (Wildman–Crippen MR) is 65.7 cm³/mol. The van der Waals surface area contributed by atoms with Crippen molar-refractivity contribution < 1.29 is 0 Å². The van der Waals surface area contributed by atoms with Gasteiger partial charge in [-0.2, -0.15) is 11.8 Å². The molecular weight excluding hydrogens is 192 g/mol. The second-order valence-electron chi connectivity index (χ2n) is 3.78. The Kier molecular flexibility index (Phi) is 6.32. The van der Waals surface area contributed by atoms with Crippen LogP contribution >= 0.6 is 11.8 Å². The van der Waals surface area contributed by atoms with E-state index < -0.39 is 0 Å². The standard InChI is InChI=1S/C11H22N2S/c1-2-3-4-6-13-11(8-12)10-5-7-14-9-10/h2-3,10-11,13H,4-9,12H2,1H3/b3-2+. The summed E-state index contributed by atoms with van der Waals surface area (Å²) >= 11 is 2.06. The van der Waals surface area contributed by atoms with Crippen molar-refractivity contribution in [2.75, 3.05) is 24.6 Å². The van der Waals surface area contributed by atoms with Gasteiger partial charge in [-0.25, -0.2) is 0 Å². The lowest BCUT2D eigenvalue weighted by atomic mass is 9.99. The highest BCUT2D eigenvalue weighted by Gasteiger charge is 2.23. The Labute approximate surface area is 91.7 Å². The highest BCUT2D eigenvalue weighted by Crippen LogP contribution is 2.25. The predicted octanol–water partition coefficient (Wildman–Crippen LogP) is 1.62. The van der Waals surface area contributed by atoms with Crippen molar-refractivity contribution in [1.82, 2.24) is 5.32 Å². The second kappa shape index (κ2) is 7.32. The van der Waals surface area contributed by atoms with Gasteiger partial charge in [0, 0.05) is 12.6 Å². The fourth-order valence-electron chi connectivity index (χ4n) is 1.83. The van der Waals surface area contributed by atoms with Gasteiger partial charge < -0.3 is 11.1 Å². The van der Waals surface area contributed by atoms with Gasteiger partial charge in [0.05, 0.1) is 0 Å². The van der Waals surface area contributed by atoms with E-state index >= 15 is 0 Å². The molecule has 82 valence electrons. The van der Waals surface area contributed by atoms with Crippen molar-refractivity contribution in [2.45, 2.75) is 25.8 Å². The van der Waals surface area contributed by atoms with Gasteiger partial charge in [0.1, 0.15) is 0 Å². The minimum Gasteiger partial charge on any atom is -0.329 e. The van der Waals surface area contributed by atoms with Crippen LogP contribution in [0.4, 0.5) is 0 Å². The molecule has 1 saturated heterocycles. The van der Waals surface area contributed by atoms with Crippen LogP contribution in [0.5, 0.6) is 0 Å². The van der Waals surface area contributed by atoms with Crippen molar-refractivity contribution in [2.24, 2.45) is 11.7 Å². The molecule has 0 saturated carbocycles. The van der Waals surface area contributed by atoms with E-state index in [2.05, 4.69) is 36.2 Å². The van der Waals surface area contributed by atoms with E-state index in [9.17, 15) is 0 Å². The summed E-state index contributed by atoms with van der Waals surface area (Å²) in [5.74, 6) is 3.41. The summed E-state index contributed by atoms with van der Waals surface area (Å²) in [6, 6.07) is 0.537. The molecule has 1 heterocycles. The molecule has 0 aromatic heterocycles. The van der Waals surface area contributed by atoms with Crippen LogP contribution in [-0.4, -0.2) is 30.6 Å². The van der Waals surface area contributed by atoms with Gasteiger partial charge in [0.25, 0.3) is 0 Å². The molecule has 14 heavy (non-hydrogen) atoms. The minimum absolute atomic E-state index is 0.537. The Balaban J connectivity index is 2.17. The minimum atomic E-state index is 0.537. The van der Waals surface area contributed by atoms with Gasteiger partial charge in [-0.3, -0.25) is 0 Å². The van der Waals surface area contributed by atoms with Gasteiger partial charge in [0.15, 0.2) is 0 Å². The maximum absolute atomic E-state index is 5.78. The van der Waals surface area contributed by atoms with E-state index in [-0.39, 0.29) is 0 Å². The Hall–Kier alpha value is 0.0100. The second-order valence-corrected chi connectivity index (χ2v) is 4.93. The first-order valence-corrected chi connectivity index (χ1v) is 6.66. The first kappa shape index (κ1) is 12.1. The van der Waals surface area contributed by atoms with Crippen LogP contribution < -0.4 is 11.1 Å². The molecule has 0 bridgehead atoms. The fraction of sp³-hybridized carbons (Fsp3) is 0.818. The Morgan fingerprint density at radius 3 is 3.07 bits per heavy atom. The highest BCUT2D eigenvalue weighted by molar-refractivity contribution is 7.99. The molecule has 3 N–H and O–H groups in total. The highest BCUT2D eigenvalue weighted by atomic mass is 32.2. The lowest BCUT2D eigenvalue weighted by Gasteiger charge is -2.22.